The minimum Gasteiger partial charge on any atom is -0.456 e. The summed E-state index contributed by atoms with van der Waals surface area (Å²) in [5.41, 5.74) is -0.789. The number of alkyl halides is 3. The largest absolute Gasteiger partial charge is 0.456 e. The van der Waals surface area contributed by atoms with Gasteiger partial charge in [-0.3, -0.25) is 14.7 Å². The molecule has 0 saturated carbocycles. The Hall–Kier alpha value is -2.33. The molecule has 0 unspecified atom stereocenters. The van der Waals surface area contributed by atoms with Crippen molar-refractivity contribution in [2.24, 2.45) is 0 Å². The van der Waals surface area contributed by atoms with Crippen molar-refractivity contribution in [1.29, 1.82) is 0 Å². The molecule has 2 aromatic rings. The first kappa shape index (κ1) is 25.7. The van der Waals surface area contributed by atoms with Crippen LogP contribution in [0.5, 0.6) is 11.5 Å². The molecule has 0 heterocycles. The summed E-state index contributed by atoms with van der Waals surface area (Å²) < 4.78 is 61.6. The van der Waals surface area contributed by atoms with E-state index in [-0.39, 0.29) is 27.9 Å². The number of nitrogens with zero attached hydrogens (tertiary/aromatic N) is 1. The van der Waals surface area contributed by atoms with Gasteiger partial charge in [0, 0.05) is 32.9 Å². The van der Waals surface area contributed by atoms with Crippen LogP contribution in [-0.4, -0.2) is 25.7 Å². The van der Waals surface area contributed by atoms with Crippen molar-refractivity contribution in [2.75, 3.05) is 26.1 Å². The van der Waals surface area contributed by atoms with Crippen molar-refractivity contribution in [3.63, 3.8) is 0 Å². The fourth-order valence-electron chi connectivity index (χ4n) is 2.04. The first-order valence-corrected chi connectivity index (χ1v) is 9.82. The van der Waals surface area contributed by atoms with E-state index < -0.39 is 24.9 Å². The van der Waals surface area contributed by atoms with Crippen molar-refractivity contribution in [3.05, 3.63) is 57.1 Å². The highest BCUT2D eigenvalue weighted by Crippen LogP contribution is 2.37. The minimum absolute atomic E-state index is 0.0148. The number of nitro groups is 1. The van der Waals surface area contributed by atoms with Gasteiger partial charge >= 0.3 is 14.4 Å². The van der Waals surface area contributed by atoms with Crippen molar-refractivity contribution in [2.45, 2.75) is 13.1 Å². The topological polar surface area (TPSA) is 99.9 Å². The van der Waals surface area contributed by atoms with Gasteiger partial charge < -0.3 is 19.1 Å². The van der Waals surface area contributed by atoms with Gasteiger partial charge in [-0.15, -0.1) is 0 Å². The number of anilines is 1. The molecule has 0 aromatic heterocycles. The highest BCUT2D eigenvalue weighted by atomic mass is 35.5. The Morgan fingerprint density at radius 3 is 2.23 bits per heavy atom. The maximum Gasteiger partial charge on any atom is 0.416 e. The van der Waals surface area contributed by atoms with Crippen LogP contribution in [0.1, 0.15) is 12.5 Å². The number of hydrogen-bond acceptors (Lipinski definition) is 7. The van der Waals surface area contributed by atoms with Crippen molar-refractivity contribution >= 4 is 31.2 Å². The number of ether oxygens (including phenoxy) is 1. The lowest BCUT2D eigenvalue weighted by Crippen LogP contribution is -2.04. The van der Waals surface area contributed by atoms with Crippen LogP contribution in [0.3, 0.4) is 0 Å². The van der Waals surface area contributed by atoms with E-state index in [1.54, 1.807) is 6.92 Å². The molecule has 30 heavy (non-hydrogen) atoms. The van der Waals surface area contributed by atoms with E-state index in [2.05, 4.69) is 14.4 Å². The number of hydrogen-bond donors (Lipinski definition) is 1. The predicted octanol–water partition coefficient (Wildman–Crippen LogP) is 6.16. The Morgan fingerprint density at radius 2 is 1.80 bits per heavy atom. The first-order valence-electron chi connectivity index (χ1n) is 8.22. The normalized spacial score (nSPS) is 10.9. The van der Waals surface area contributed by atoms with E-state index in [0.717, 1.165) is 18.2 Å². The third-order valence-electron chi connectivity index (χ3n) is 3.35. The molecule has 0 aliphatic rings. The summed E-state index contributed by atoms with van der Waals surface area (Å²) in [6.07, 6.45) is -4.51. The lowest BCUT2D eigenvalue weighted by molar-refractivity contribution is -0.384. The number of rotatable bonds is 7. The zero-order chi connectivity index (χ0) is 22.9. The summed E-state index contributed by atoms with van der Waals surface area (Å²) in [6.45, 7) is 2.22. The molecule has 0 spiro atoms. The zero-order valence-corrected chi connectivity index (χ0v) is 17.8. The van der Waals surface area contributed by atoms with Crippen LogP contribution in [0.25, 0.3) is 0 Å². The molecule has 2 rings (SSSR count). The van der Waals surface area contributed by atoms with E-state index in [4.69, 9.17) is 16.3 Å². The van der Waals surface area contributed by atoms with E-state index >= 15 is 0 Å². The summed E-state index contributed by atoms with van der Waals surface area (Å²) in [4.78, 5) is 10.4. The lowest BCUT2D eigenvalue weighted by atomic mass is 10.2. The molecule has 0 bridgehead atoms. The molecule has 0 saturated heterocycles. The van der Waals surface area contributed by atoms with Gasteiger partial charge in [0.15, 0.2) is 0 Å². The zero-order valence-electron chi connectivity index (χ0n) is 16.1. The summed E-state index contributed by atoms with van der Waals surface area (Å²) in [5, 5.41) is 13.6. The third-order valence-corrected chi connectivity index (χ3v) is 4.31. The molecule has 13 heteroatoms. The summed E-state index contributed by atoms with van der Waals surface area (Å²) >= 11 is 5.82. The fraction of sp³-hybridized carbons (Fsp3) is 0.294. The second kappa shape index (κ2) is 11.8. The maximum absolute atomic E-state index is 12.6. The molecule has 1 N–H and O–H groups in total. The number of nitrogens with one attached hydrogen (secondary N) is 1. The van der Waals surface area contributed by atoms with Crippen LogP contribution in [0, 0.1) is 10.1 Å². The Labute approximate surface area is 176 Å². The molecule has 0 atom stereocenters. The first-order chi connectivity index (χ1) is 14.0. The van der Waals surface area contributed by atoms with Crippen LogP contribution in [0.4, 0.5) is 24.5 Å². The van der Waals surface area contributed by atoms with Gasteiger partial charge in [-0.25, -0.2) is 0 Å². The molecule has 0 fully saturated rings. The lowest BCUT2D eigenvalue weighted by Gasteiger charge is -2.12. The molecule has 2 aromatic carbocycles. The van der Waals surface area contributed by atoms with Crippen LogP contribution in [-0.2, 0) is 19.8 Å². The Balaban J connectivity index is 0.000000656. The third kappa shape index (κ3) is 7.83. The van der Waals surface area contributed by atoms with Gasteiger partial charge in [0.25, 0.3) is 5.69 Å². The van der Waals surface area contributed by atoms with Gasteiger partial charge in [0.1, 0.15) is 17.2 Å². The van der Waals surface area contributed by atoms with Gasteiger partial charge in [0.05, 0.1) is 15.5 Å². The smallest absolute Gasteiger partial charge is 0.416 e. The van der Waals surface area contributed by atoms with E-state index in [0.29, 0.717) is 6.54 Å². The molecule has 0 radical (unpaired) electrons. The molecule has 166 valence electrons. The van der Waals surface area contributed by atoms with Gasteiger partial charge in [-0.2, -0.15) is 13.2 Å². The monoisotopic (exact) mass is 470 g/mol. The maximum atomic E-state index is 12.6. The predicted molar refractivity (Wildman–Crippen MR) is 107 cm³/mol. The second-order valence-electron chi connectivity index (χ2n) is 5.37. The molecule has 0 aliphatic carbocycles. The summed E-state index contributed by atoms with van der Waals surface area (Å²) in [7, 11) is 0.558. The molecule has 0 aliphatic heterocycles. The second-order valence-corrected chi connectivity index (χ2v) is 7.09. The fourth-order valence-corrected chi connectivity index (χ4v) is 2.43. The highest BCUT2D eigenvalue weighted by Gasteiger charge is 2.31. The Kier molecular flexibility index (Phi) is 10.1. The van der Waals surface area contributed by atoms with Gasteiger partial charge in [-0.1, -0.05) is 11.6 Å². The van der Waals surface area contributed by atoms with Crippen molar-refractivity contribution in [3.8, 4) is 11.5 Å². The van der Waals surface area contributed by atoms with Crippen LogP contribution >= 0.6 is 19.9 Å². The quantitative estimate of drug-likeness (QED) is 0.294. The number of benzene rings is 2. The molecular formula is C17H19ClF3N2O6P. The number of nitro benzene ring substituents is 1. The van der Waals surface area contributed by atoms with E-state index in [1.165, 1.54) is 32.4 Å². The Morgan fingerprint density at radius 1 is 1.17 bits per heavy atom. The SMILES string of the molecule is CCNc1cc(Oc2ccc(C(F)(F)F)cc2Cl)ccc1[N+](=O)[O-].CO[PH](=O)OC. The number of halogens is 4. The molecular weight excluding hydrogens is 452 g/mol. The molecule has 0 amide bonds. The average Bonchev–Trinajstić information content (AvgIpc) is 2.68. The van der Waals surface area contributed by atoms with Crippen LogP contribution < -0.4 is 10.1 Å². The summed E-state index contributed by atoms with van der Waals surface area (Å²) in [5.74, 6) is 0.221. The van der Waals surface area contributed by atoms with Crippen molar-refractivity contribution in [1.82, 2.24) is 0 Å². The van der Waals surface area contributed by atoms with Crippen molar-refractivity contribution < 1.29 is 36.4 Å². The summed E-state index contributed by atoms with van der Waals surface area (Å²) in [6, 6.07) is 6.67. The highest BCUT2D eigenvalue weighted by molar-refractivity contribution is 7.33. The molecule has 8 nitrogen and oxygen atoms in total. The van der Waals surface area contributed by atoms with E-state index in [1.807, 2.05) is 0 Å². The standard InChI is InChI=1S/C15H12ClF3N2O3.C2H7O3P/c1-2-20-12-8-10(4-5-13(12)21(22)23)24-14-6-3-9(7-11(14)16)15(17,18)19;1-4-6(3)5-2/h3-8,20H,2H2,1H3;6H,1-2H3. The van der Waals surface area contributed by atoms with Gasteiger partial charge in [-0.05, 0) is 31.2 Å². The average molecular weight is 471 g/mol. The van der Waals surface area contributed by atoms with E-state index in [9.17, 15) is 27.9 Å². The minimum atomic E-state index is -4.51. The van der Waals surface area contributed by atoms with Crippen LogP contribution in [0.15, 0.2) is 36.4 Å². The van der Waals surface area contributed by atoms with Crippen LogP contribution in [0.2, 0.25) is 5.02 Å². The van der Waals surface area contributed by atoms with Gasteiger partial charge in [0.2, 0.25) is 0 Å². The Bertz CT molecular complexity index is 892.